The van der Waals surface area contributed by atoms with Gasteiger partial charge in [0.05, 0.1) is 12.7 Å². The summed E-state index contributed by atoms with van der Waals surface area (Å²) in [6, 6.07) is 0.400. The van der Waals surface area contributed by atoms with E-state index in [1.165, 1.54) is 0 Å². The molecule has 0 aromatic carbocycles. The normalized spacial score (nSPS) is 15.3. The number of hydrogen-bond donors (Lipinski definition) is 1. The van der Waals surface area contributed by atoms with Gasteiger partial charge in [0.1, 0.15) is 0 Å². The molecule has 0 aliphatic heterocycles. The second-order valence-electron chi connectivity index (χ2n) is 3.80. The van der Waals surface area contributed by atoms with Crippen LogP contribution < -0.4 is 5.73 Å². The Morgan fingerprint density at radius 1 is 1.73 bits per heavy atom. The van der Waals surface area contributed by atoms with Crippen LogP contribution >= 0.6 is 0 Å². The Labute approximate surface area is 88.0 Å². The topological polar surface area (TPSA) is 77.0 Å². The predicted molar refractivity (Wildman–Crippen MR) is 54.2 cm³/mol. The van der Waals surface area contributed by atoms with Gasteiger partial charge in [-0.1, -0.05) is 5.21 Å². The van der Waals surface area contributed by atoms with Crippen LogP contribution in [0.1, 0.15) is 23.3 Å². The average Bonchev–Trinajstić information content (AvgIpc) is 2.98. The predicted octanol–water partition coefficient (Wildman–Crippen LogP) is -0.529. The first kappa shape index (κ1) is 10.1. The molecule has 0 radical (unpaired) electrons. The van der Waals surface area contributed by atoms with Crippen molar-refractivity contribution in [3.8, 4) is 0 Å². The SMILES string of the molecule is CN(C(=O)c1cn(CCN)nn1)C1CC1. The molecule has 6 heteroatoms. The monoisotopic (exact) mass is 209 g/mol. The first-order chi connectivity index (χ1) is 7.22. The van der Waals surface area contributed by atoms with Gasteiger partial charge in [0.15, 0.2) is 5.69 Å². The van der Waals surface area contributed by atoms with Gasteiger partial charge in [-0.3, -0.25) is 9.48 Å². The molecule has 0 saturated heterocycles. The third-order valence-corrected chi connectivity index (χ3v) is 2.53. The summed E-state index contributed by atoms with van der Waals surface area (Å²) in [7, 11) is 1.81. The molecule has 0 spiro atoms. The van der Waals surface area contributed by atoms with E-state index >= 15 is 0 Å². The van der Waals surface area contributed by atoms with E-state index in [1.807, 2.05) is 7.05 Å². The lowest BCUT2D eigenvalue weighted by molar-refractivity contribution is 0.0779. The van der Waals surface area contributed by atoms with Gasteiger partial charge in [0, 0.05) is 19.6 Å². The average molecular weight is 209 g/mol. The van der Waals surface area contributed by atoms with Crippen LogP contribution in [0.3, 0.4) is 0 Å². The fourth-order valence-corrected chi connectivity index (χ4v) is 1.45. The lowest BCUT2D eigenvalue weighted by atomic mass is 10.4. The first-order valence-corrected chi connectivity index (χ1v) is 5.09. The molecule has 0 unspecified atom stereocenters. The van der Waals surface area contributed by atoms with E-state index in [0.29, 0.717) is 24.8 Å². The van der Waals surface area contributed by atoms with Crippen LogP contribution in [0.5, 0.6) is 0 Å². The largest absolute Gasteiger partial charge is 0.337 e. The van der Waals surface area contributed by atoms with Crippen molar-refractivity contribution >= 4 is 5.91 Å². The Morgan fingerprint density at radius 3 is 3.07 bits per heavy atom. The van der Waals surface area contributed by atoms with Gasteiger partial charge in [-0.15, -0.1) is 5.10 Å². The number of carbonyl (C=O) groups excluding carboxylic acids is 1. The van der Waals surface area contributed by atoms with Gasteiger partial charge in [-0.2, -0.15) is 0 Å². The maximum Gasteiger partial charge on any atom is 0.276 e. The Balaban J connectivity index is 2.04. The molecule has 1 amide bonds. The van der Waals surface area contributed by atoms with E-state index in [4.69, 9.17) is 5.73 Å². The second-order valence-corrected chi connectivity index (χ2v) is 3.80. The Kier molecular flexibility index (Phi) is 2.68. The maximum atomic E-state index is 11.8. The van der Waals surface area contributed by atoms with Crippen molar-refractivity contribution in [1.82, 2.24) is 19.9 Å². The summed E-state index contributed by atoms with van der Waals surface area (Å²) in [6.07, 6.45) is 3.84. The summed E-state index contributed by atoms with van der Waals surface area (Å²) in [5.41, 5.74) is 5.78. The van der Waals surface area contributed by atoms with Crippen LogP contribution in [-0.4, -0.2) is 45.4 Å². The van der Waals surface area contributed by atoms with Crippen LogP contribution in [0.15, 0.2) is 6.20 Å². The molecule has 2 rings (SSSR count). The van der Waals surface area contributed by atoms with Crippen molar-refractivity contribution in [1.29, 1.82) is 0 Å². The zero-order valence-corrected chi connectivity index (χ0v) is 8.76. The Bertz CT molecular complexity index is 357. The minimum atomic E-state index is -0.0548. The molecule has 0 atom stereocenters. The molecule has 15 heavy (non-hydrogen) atoms. The fourth-order valence-electron chi connectivity index (χ4n) is 1.45. The molecule has 1 aromatic rings. The number of rotatable bonds is 4. The van der Waals surface area contributed by atoms with E-state index < -0.39 is 0 Å². The van der Waals surface area contributed by atoms with Crippen LogP contribution in [0.4, 0.5) is 0 Å². The van der Waals surface area contributed by atoms with E-state index in [9.17, 15) is 4.79 Å². The molecule has 6 nitrogen and oxygen atoms in total. The Morgan fingerprint density at radius 2 is 2.47 bits per heavy atom. The number of nitrogens with zero attached hydrogens (tertiary/aromatic N) is 4. The lowest BCUT2D eigenvalue weighted by Crippen LogP contribution is -2.29. The van der Waals surface area contributed by atoms with Gasteiger partial charge in [0.2, 0.25) is 0 Å². The van der Waals surface area contributed by atoms with Crippen molar-refractivity contribution in [2.45, 2.75) is 25.4 Å². The minimum Gasteiger partial charge on any atom is -0.337 e. The molecule has 1 fully saturated rings. The minimum absolute atomic E-state index is 0.0548. The number of nitrogens with two attached hydrogens (primary N) is 1. The number of aromatic nitrogens is 3. The number of carbonyl (C=O) groups is 1. The molecular weight excluding hydrogens is 194 g/mol. The smallest absolute Gasteiger partial charge is 0.276 e. The van der Waals surface area contributed by atoms with Crippen LogP contribution in [0.2, 0.25) is 0 Å². The molecule has 2 N–H and O–H groups in total. The highest BCUT2D eigenvalue weighted by atomic mass is 16.2. The van der Waals surface area contributed by atoms with Gasteiger partial charge in [-0.25, -0.2) is 0 Å². The summed E-state index contributed by atoms with van der Waals surface area (Å²) in [5.74, 6) is -0.0548. The highest BCUT2D eigenvalue weighted by Crippen LogP contribution is 2.26. The highest BCUT2D eigenvalue weighted by Gasteiger charge is 2.31. The van der Waals surface area contributed by atoms with Crippen LogP contribution in [0, 0.1) is 0 Å². The standard InChI is InChI=1S/C9H15N5O/c1-13(7-2-3-7)9(15)8-6-14(5-4-10)12-11-8/h6-7H,2-5,10H2,1H3. The van der Waals surface area contributed by atoms with E-state index in [1.54, 1.807) is 15.8 Å². The summed E-state index contributed by atoms with van der Waals surface area (Å²) in [4.78, 5) is 13.6. The molecule has 1 aliphatic rings. The zero-order valence-electron chi connectivity index (χ0n) is 8.76. The van der Waals surface area contributed by atoms with Crippen LogP contribution in [0.25, 0.3) is 0 Å². The van der Waals surface area contributed by atoms with Gasteiger partial charge >= 0.3 is 0 Å². The van der Waals surface area contributed by atoms with E-state index in [-0.39, 0.29) is 5.91 Å². The lowest BCUT2D eigenvalue weighted by Gasteiger charge is -2.13. The molecule has 1 saturated carbocycles. The van der Waals surface area contributed by atoms with Crippen molar-refractivity contribution in [2.75, 3.05) is 13.6 Å². The second kappa shape index (κ2) is 3.98. The van der Waals surface area contributed by atoms with Gasteiger partial charge in [-0.05, 0) is 12.8 Å². The summed E-state index contributed by atoms with van der Waals surface area (Å²) < 4.78 is 1.59. The summed E-state index contributed by atoms with van der Waals surface area (Å²) >= 11 is 0. The third-order valence-electron chi connectivity index (χ3n) is 2.53. The summed E-state index contributed by atoms with van der Waals surface area (Å²) in [5, 5.41) is 7.66. The van der Waals surface area contributed by atoms with Crippen molar-refractivity contribution < 1.29 is 4.79 Å². The number of hydrogen-bond acceptors (Lipinski definition) is 4. The Hall–Kier alpha value is -1.43. The van der Waals surface area contributed by atoms with Crippen molar-refractivity contribution in [3.63, 3.8) is 0 Å². The van der Waals surface area contributed by atoms with Crippen molar-refractivity contribution in [3.05, 3.63) is 11.9 Å². The fraction of sp³-hybridized carbons (Fsp3) is 0.667. The van der Waals surface area contributed by atoms with Gasteiger partial charge in [0.25, 0.3) is 5.91 Å². The van der Waals surface area contributed by atoms with E-state index in [2.05, 4.69) is 10.3 Å². The number of amides is 1. The molecule has 82 valence electrons. The highest BCUT2D eigenvalue weighted by molar-refractivity contribution is 5.92. The molecule has 1 aromatic heterocycles. The van der Waals surface area contributed by atoms with Crippen LogP contribution in [-0.2, 0) is 6.54 Å². The maximum absolute atomic E-state index is 11.8. The van der Waals surface area contributed by atoms with Crippen molar-refractivity contribution in [2.24, 2.45) is 5.73 Å². The zero-order chi connectivity index (χ0) is 10.8. The molecule has 0 bridgehead atoms. The quantitative estimate of drug-likeness (QED) is 0.723. The third kappa shape index (κ3) is 2.15. The van der Waals surface area contributed by atoms with Gasteiger partial charge < -0.3 is 10.6 Å². The molecule has 1 heterocycles. The molecule has 1 aliphatic carbocycles. The molecular formula is C9H15N5O. The first-order valence-electron chi connectivity index (χ1n) is 5.09. The summed E-state index contributed by atoms with van der Waals surface area (Å²) in [6.45, 7) is 1.09. The van der Waals surface area contributed by atoms with E-state index in [0.717, 1.165) is 12.8 Å².